The molecule has 0 heterocycles. The van der Waals surface area contributed by atoms with E-state index in [4.69, 9.17) is 4.74 Å². The predicted molar refractivity (Wildman–Crippen MR) is 48.0 cm³/mol. The Morgan fingerprint density at radius 2 is 1.90 bits per heavy atom. The Bertz CT molecular complexity index is 203. The minimum atomic E-state index is 0. The number of hydrogen-bond acceptors (Lipinski definition) is 1. The molecule has 0 fully saturated rings. The van der Waals surface area contributed by atoms with Crippen LogP contribution in [0.3, 0.4) is 0 Å². The first-order chi connectivity index (χ1) is 4.34. The van der Waals surface area contributed by atoms with E-state index in [1.54, 1.807) is 7.11 Å². The zero-order valence-corrected chi connectivity index (χ0v) is 11.1. The maximum atomic E-state index is 5.08. The Hall–Kier alpha value is 0.373. The van der Waals surface area contributed by atoms with Gasteiger partial charge in [0.15, 0.2) is 0 Å². The quantitative estimate of drug-likeness (QED) is 0.564. The Labute approximate surface area is 87.9 Å². The van der Waals surface area contributed by atoms with Crippen LogP contribution in [0, 0.1) is 0 Å². The molecule has 1 aromatic rings. The van der Waals surface area contributed by atoms with E-state index in [1.807, 2.05) is 18.2 Å². The third kappa shape index (κ3) is 2.55. The number of ether oxygens (including phenoxy) is 1. The van der Waals surface area contributed by atoms with Crippen LogP contribution in [0.25, 0.3) is 0 Å². The van der Waals surface area contributed by atoms with Gasteiger partial charge >= 0.3 is 64.3 Å². The second-order valence-electron chi connectivity index (χ2n) is 1.81. The van der Waals surface area contributed by atoms with Crippen molar-refractivity contribution in [1.29, 1.82) is 0 Å². The van der Waals surface area contributed by atoms with Gasteiger partial charge in [0.05, 0.1) is 0 Å². The average Bonchev–Trinajstić information content (AvgIpc) is 1.89. The number of benzene rings is 1. The monoisotopic (exact) mass is 299 g/mol. The molecule has 0 saturated carbocycles. The molecule has 0 N–H and O–H groups in total. The van der Waals surface area contributed by atoms with E-state index < -0.39 is 0 Å². The smallest absolute Gasteiger partial charge is 0.107 e. The van der Waals surface area contributed by atoms with Gasteiger partial charge in [0.1, 0.15) is 0 Å². The SMILES string of the molecule is COc1cccc[c]1[Zn].I. The summed E-state index contributed by atoms with van der Waals surface area (Å²) in [5.41, 5.74) is 0. The van der Waals surface area contributed by atoms with Gasteiger partial charge in [0, 0.05) is 0 Å². The second-order valence-corrected chi connectivity index (χ2v) is 3.41. The molecule has 0 unspecified atom stereocenters. The van der Waals surface area contributed by atoms with E-state index in [2.05, 4.69) is 6.07 Å². The molecular weight excluding hydrogens is 292 g/mol. The van der Waals surface area contributed by atoms with E-state index in [9.17, 15) is 0 Å². The number of halogens is 1. The predicted octanol–water partition coefficient (Wildman–Crippen LogP) is 1.49. The van der Waals surface area contributed by atoms with Crippen molar-refractivity contribution in [2.24, 2.45) is 0 Å². The summed E-state index contributed by atoms with van der Waals surface area (Å²) < 4.78 is 6.38. The van der Waals surface area contributed by atoms with Crippen molar-refractivity contribution >= 4 is 28.1 Å². The van der Waals surface area contributed by atoms with Crippen LogP contribution < -0.4 is 8.89 Å². The summed E-state index contributed by atoms with van der Waals surface area (Å²) in [6.45, 7) is 0. The summed E-state index contributed by atoms with van der Waals surface area (Å²) in [4.78, 5) is 0. The van der Waals surface area contributed by atoms with Crippen molar-refractivity contribution in [3.05, 3.63) is 24.3 Å². The van der Waals surface area contributed by atoms with Crippen molar-refractivity contribution in [2.75, 3.05) is 7.11 Å². The molecule has 0 aliphatic rings. The molecule has 0 aromatic heterocycles. The van der Waals surface area contributed by atoms with Gasteiger partial charge in [0.25, 0.3) is 0 Å². The molecule has 1 nitrogen and oxygen atoms in total. The third-order valence-electron chi connectivity index (χ3n) is 1.19. The number of rotatable bonds is 1. The fraction of sp³-hybridized carbons (Fsp3) is 0.143. The Morgan fingerprint density at radius 1 is 1.30 bits per heavy atom. The van der Waals surface area contributed by atoms with E-state index in [0.29, 0.717) is 0 Å². The van der Waals surface area contributed by atoms with Gasteiger partial charge < -0.3 is 0 Å². The fourth-order valence-electron chi connectivity index (χ4n) is 0.703. The van der Waals surface area contributed by atoms with E-state index in [0.717, 1.165) is 24.1 Å². The number of para-hydroxylation sites is 1. The minimum Gasteiger partial charge on any atom is -0.107 e. The molecule has 0 radical (unpaired) electrons. The van der Waals surface area contributed by atoms with Gasteiger partial charge in [0.2, 0.25) is 0 Å². The molecule has 0 aliphatic carbocycles. The summed E-state index contributed by atoms with van der Waals surface area (Å²) >= 11 is 1.16. The molecule has 0 saturated heterocycles. The van der Waals surface area contributed by atoms with Gasteiger partial charge in [-0.25, -0.2) is 0 Å². The number of hydrogen-bond donors (Lipinski definition) is 0. The van der Waals surface area contributed by atoms with Crippen molar-refractivity contribution in [3.8, 4) is 5.75 Å². The van der Waals surface area contributed by atoms with Gasteiger partial charge in [-0.05, 0) is 0 Å². The van der Waals surface area contributed by atoms with Crippen LogP contribution in [0.1, 0.15) is 0 Å². The standard InChI is InChI=1S/C7H7O.HI.Zn/c1-8-7-5-3-2-4-6-7;;/h2-5H,1H3;1H;. The zero-order valence-electron chi connectivity index (χ0n) is 5.83. The molecule has 10 heavy (non-hydrogen) atoms. The second kappa shape index (κ2) is 5.08. The van der Waals surface area contributed by atoms with Crippen molar-refractivity contribution < 1.29 is 23.0 Å². The summed E-state index contributed by atoms with van der Waals surface area (Å²) in [5.74, 6) is 1.01. The van der Waals surface area contributed by atoms with Gasteiger partial charge in [-0.3, -0.25) is 0 Å². The molecular formula is C7H8IOZn. The van der Waals surface area contributed by atoms with Crippen LogP contribution in [-0.2, 0) is 18.3 Å². The maximum absolute atomic E-state index is 5.08. The molecule has 0 atom stereocenters. The Morgan fingerprint density at radius 3 is 2.30 bits per heavy atom. The van der Waals surface area contributed by atoms with Crippen molar-refractivity contribution in [1.82, 2.24) is 0 Å². The molecule has 1 aromatic carbocycles. The third-order valence-corrected chi connectivity index (χ3v) is 2.42. The van der Waals surface area contributed by atoms with E-state index >= 15 is 0 Å². The topological polar surface area (TPSA) is 9.23 Å². The summed E-state index contributed by atoms with van der Waals surface area (Å²) in [6, 6.07) is 8.08. The molecule has 0 aliphatic heterocycles. The summed E-state index contributed by atoms with van der Waals surface area (Å²) in [5, 5.41) is 0. The molecule has 0 spiro atoms. The largest absolute Gasteiger partial charge is 0.107 e. The van der Waals surface area contributed by atoms with Crippen LogP contribution in [0.4, 0.5) is 0 Å². The van der Waals surface area contributed by atoms with Crippen LogP contribution >= 0.6 is 24.0 Å². The summed E-state index contributed by atoms with van der Waals surface area (Å²) in [6.07, 6.45) is 0. The van der Waals surface area contributed by atoms with Crippen LogP contribution in [-0.4, -0.2) is 7.11 Å². The fourth-order valence-corrected chi connectivity index (χ4v) is 1.54. The molecule has 3 heteroatoms. The first-order valence-electron chi connectivity index (χ1n) is 2.79. The Kier molecular flexibility index (Phi) is 5.27. The van der Waals surface area contributed by atoms with E-state index in [1.165, 1.54) is 4.16 Å². The maximum Gasteiger partial charge on any atom is -0.107 e. The molecule has 0 amide bonds. The molecule has 0 bridgehead atoms. The molecule has 1 rings (SSSR count). The van der Waals surface area contributed by atoms with Crippen molar-refractivity contribution in [3.63, 3.8) is 0 Å². The zero-order chi connectivity index (χ0) is 6.69. The average molecular weight is 300 g/mol. The first-order valence-corrected chi connectivity index (χ1v) is 4.28. The van der Waals surface area contributed by atoms with Gasteiger partial charge in [-0.1, -0.05) is 0 Å². The number of methoxy groups -OCH3 is 1. The van der Waals surface area contributed by atoms with Gasteiger partial charge in [-0.2, -0.15) is 0 Å². The van der Waals surface area contributed by atoms with Crippen LogP contribution in [0.5, 0.6) is 5.75 Å². The molecule has 51 valence electrons. The van der Waals surface area contributed by atoms with Crippen LogP contribution in [0.15, 0.2) is 24.3 Å². The van der Waals surface area contributed by atoms with E-state index in [-0.39, 0.29) is 24.0 Å². The van der Waals surface area contributed by atoms with Crippen LogP contribution in [0.2, 0.25) is 0 Å². The minimum absolute atomic E-state index is 0. The summed E-state index contributed by atoms with van der Waals surface area (Å²) in [7, 11) is 1.70. The van der Waals surface area contributed by atoms with Gasteiger partial charge in [-0.15, -0.1) is 24.0 Å². The Balaban J connectivity index is 0.000000810. The van der Waals surface area contributed by atoms with Crippen molar-refractivity contribution in [2.45, 2.75) is 0 Å². The first kappa shape index (κ1) is 10.4. The normalized spacial score (nSPS) is 8.30.